The summed E-state index contributed by atoms with van der Waals surface area (Å²) < 4.78 is 7.08. The van der Waals surface area contributed by atoms with Crippen molar-refractivity contribution in [1.82, 2.24) is 20.2 Å². The number of ether oxygens (including phenoxy) is 1. The molecule has 1 aliphatic carbocycles. The first-order valence-corrected chi connectivity index (χ1v) is 6.38. The van der Waals surface area contributed by atoms with Gasteiger partial charge in [-0.25, -0.2) is 4.68 Å². The van der Waals surface area contributed by atoms with Crippen LogP contribution < -0.4 is 10.5 Å². The first kappa shape index (κ1) is 12.0. The Hall–Kier alpha value is -2.11. The highest BCUT2D eigenvalue weighted by Crippen LogP contribution is 2.39. The minimum absolute atomic E-state index is 0.642. The van der Waals surface area contributed by atoms with Crippen molar-refractivity contribution in [3.05, 3.63) is 18.2 Å². The summed E-state index contributed by atoms with van der Waals surface area (Å²) in [5.41, 5.74) is 7.40. The molecular formula is C13H17N5O. The maximum absolute atomic E-state index is 5.87. The molecule has 6 nitrogen and oxygen atoms in total. The first-order chi connectivity index (χ1) is 9.17. The van der Waals surface area contributed by atoms with Crippen molar-refractivity contribution in [3.63, 3.8) is 0 Å². The number of methoxy groups -OCH3 is 1. The van der Waals surface area contributed by atoms with Crippen LogP contribution in [0.5, 0.6) is 5.75 Å². The highest BCUT2D eigenvalue weighted by atomic mass is 16.5. The van der Waals surface area contributed by atoms with Gasteiger partial charge in [-0.3, -0.25) is 0 Å². The SMILES string of the molecule is COc1cc(N)cc(-c2nnnn2CC2CC2C)c1. The molecule has 0 saturated heterocycles. The van der Waals surface area contributed by atoms with Gasteiger partial charge in [0.25, 0.3) is 0 Å². The second kappa shape index (κ2) is 4.53. The third kappa shape index (κ3) is 2.38. The Morgan fingerprint density at radius 2 is 2.21 bits per heavy atom. The van der Waals surface area contributed by atoms with E-state index in [1.807, 2.05) is 16.8 Å². The number of nitrogens with two attached hydrogens (primary N) is 1. The van der Waals surface area contributed by atoms with Crippen molar-refractivity contribution in [3.8, 4) is 17.1 Å². The van der Waals surface area contributed by atoms with Crippen LogP contribution in [0.3, 0.4) is 0 Å². The fourth-order valence-corrected chi connectivity index (χ4v) is 2.28. The van der Waals surface area contributed by atoms with Crippen LogP contribution in [-0.4, -0.2) is 27.3 Å². The monoisotopic (exact) mass is 259 g/mol. The topological polar surface area (TPSA) is 78.8 Å². The zero-order chi connectivity index (χ0) is 13.4. The zero-order valence-electron chi connectivity index (χ0n) is 11.1. The van der Waals surface area contributed by atoms with E-state index >= 15 is 0 Å². The summed E-state index contributed by atoms with van der Waals surface area (Å²) in [4.78, 5) is 0. The van der Waals surface area contributed by atoms with Gasteiger partial charge in [0.05, 0.1) is 7.11 Å². The molecule has 0 bridgehead atoms. The van der Waals surface area contributed by atoms with E-state index in [0.29, 0.717) is 17.4 Å². The summed E-state index contributed by atoms with van der Waals surface area (Å²) in [6, 6.07) is 5.54. The molecule has 1 aliphatic rings. The predicted molar refractivity (Wildman–Crippen MR) is 71.5 cm³/mol. The van der Waals surface area contributed by atoms with Crippen molar-refractivity contribution in [2.24, 2.45) is 11.8 Å². The van der Waals surface area contributed by atoms with Gasteiger partial charge in [0.2, 0.25) is 0 Å². The Morgan fingerprint density at radius 3 is 2.89 bits per heavy atom. The molecular weight excluding hydrogens is 242 g/mol. The van der Waals surface area contributed by atoms with Gasteiger partial charge in [-0.1, -0.05) is 6.92 Å². The van der Waals surface area contributed by atoms with Crippen molar-refractivity contribution in [2.45, 2.75) is 19.9 Å². The molecule has 2 N–H and O–H groups in total. The van der Waals surface area contributed by atoms with Gasteiger partial charge in [0.1, 0.15) is 5.75 Å². The summed E-state index contributed by atoms with van der Waals surface area (Å²) in [5, 5.41) is 11.9. The summed E-state index contributed by atoms with van der Waals surface area (Å²) in [6.07, 6.45) is 1.25. The molecule has 1 heterocycles. The highest BCUT2D eigenvalue weighted by Gasteiger charge is 2.33. The van der Waals surface area contributed by atoms with E-state index < -0.39 is 0 Å². The van der Waals surface area contributed by atoms with E-state index in [4.69, 9.17) is 10.5 Å². The summed E-state index contributed by atoms with van der Waals surface area (Å²) in [5.74, 6) is 2.91. The van der Waals surface area contributed by atoms with E-state index in [1.165, 1.54) is 6.42 Å². The van der Waals surface area contributed by atoms with E-state index in [9.17, 15) is 0 Å². The lowest BCUT2D eigenvalue weighted by molar-refractivity contribution is 0.415. The number of nitrogen functional groups attached to an aromatic ring is 1. The lowest BCUT2D eigenvalue weighted by Gasteiger charge is -2.07. The molecule has 19 heavy (non-hydrogen) atoms. The third-order valence-electron chi connectivity index (χ3n) is 3.64. The average molecular weight is 259 g/mol. The standard InChI is InChI=1S/C13H17N5O/c1-8-3-10(8)7-18-13(15-16-17-18)9-4-11(14)6-12(5-9)19-2/h4-6,8,10H,3,7,14H2,1-2H3. The fraction of sp³-hybridized carbons (Fsp3) is 0.462. The number of anilines is 1. The summed E-state index contributed by atoms with van der Waals surface area (Å²) in [7, 11) is 1.62. The Kier molecular flexibility index (Phi) is 2.85. The number of aromatic nitrogens is 4. The molecule has 1 fully saturated rings. The van der Waals surface area contributed by atoms with Crippen LogP contribution in [0.4, 0.5) is 5.69 Å². The van der Waals surface area contributed by atoms with Gasteiger partial charge in [0.15, 0.2) is 5.82 Å². The number of benzene rings is 1. The van der Waals surface area contributed by atoms with E-state index in [-0.39, 0.29) is 0 Å². The molecule has 0 spiro atoms. The summed E-state index contributed by atoms with van der Waals surface area (Å²) in [6.45, 7) is 3.11. The molecule has 0 aliphatic heterocycles. The van der Waals surface area contributed by atoms with Gasteiger partial charge >= 0.3 is 0 Å². The minimum atomic E-state index is 0.642. The molecule has 2 unspecified atom stereocenters. The van der Waals surface area contributed by atoms with Gasteiger partial charge in [0, 0.05) is 23.9 Å². The Bertz CT molecular complexity index is 594. The Morgan fingerprint density at radius 1 is 1.42 bits per heavy atom. The van der Waals surface area contributed by atoms with Crippen LogP contribution in [-0.2, 0) is 6.54 Å². The molecule has 2 aromatic rings. The van der Waals surface area contributed by atoms with Crippen LogP contribution >= 0.6 is 0 Å². The molecule has 1 saturated carbocycles. The van der Waals surface area contributed by atoms with E-state index in [1.54, 1.807) is 13.2 Å². The first-order valence-electron chi connectivity index (χ1n) is 6.38. The van der Waals surface area contributed by atoms with Gasteiger partial charge < -0.3 is 10.5 Å². The van der Waals surface area contributed by atoms with Crippen LogP contribution in [0, 0.1) is 11.8 Å². The lowest BCUT2D eigenvalue weighted by atomic mass is 10.1. The van der Waals surface area contributed by atoms with Crippen molar-refractivity contribution < 1.29 is 4.74 Å². The lowest BCUT2D eigenvalue weighted by Crippen LogP contribution is -2.05. The Balaban J connectivity index is 1.93. The molecule has 1 aromatic heterocycles. The molecule has 2 atom stereocenters. The molecule has 0 radical (unpaired) electrons. The number of tetrazole rings is 1. The predicted octanol–water partition coefficient (Wildman–Crippen LogP) is 1.59. The van der Waals surface area contributed by atoms with Crippen LogP contribution in [0.2, 0.25) is 0 Å². The van der Waals surface area contributed by atoms with Crippen molar-refractivity contribution >= 4 is 5.69 Å². The van der Waals surface area contributed by atoms with Crippen molar-refractivity contribution in [2.75, 3.05) is 12.8 Å². The molecule has 100 valence electrons. The molecule has 1 aromatic carbocycles. The number of rotatable bonds is 4. The second-order valence-corrected chi connectivity index (χ2v) is 5.15. The molecule has 0 amide bonds. The van der Waals surface area contributed by atoms with Crippen LogP contribution in [0.1, 0.15) is 13.3 Å². The largest absolute Gasteiger partial charge is 0.497 e. The van der Waals surface area contributed by atoms with Crippen LogP contribution in [0.25, 0.3) is 11.4 Å². The van der Waals surface area contributed by atoms with Gasteiger partial charge in [-0.05, 0) is 40.8 Å². The quantitative estimate of drug-likeness (QED) is 0.843. The number of hydrogen-bond donors (Lipinski definition) is 1. The second-order valence-electron chi connectivity index (χ2n) is 5.15. The van der Waals surface area contributed by atoms with Crippen LogP contribution in [0.15, 0.2) is 18.2 Å². The third-order valence-corrected chi connectivity index (χ3v) is 3.64. The highest BCUT2D eigenvalue weighted by molar-refractivity contribution is 5.64. The smallest absolute Gasteiger partial charge is 0.182 e. The van der Waals surface area contributed by atoms with E-state index in [0.717, 1.165) is 23.9 Å². The zero-order valence-corrected chi connectivity index (χ0v) is 11.1. The van der Waals surface area contributed by atoms with Crippen molar-refractivity contribution in [1.29, 1.82) is 0 Å². The summed E-state index contributed by atoms with van der Waals surface area (Å²) >= 11 is 0. The normalized spacial score (nSPS) is 21.4. The maximum atomic E-state index is 5.87. The molecule has 6 heteroatoms. The number of nitrogens with zero attached hydrogens (tertiary/aromatic N) is 4. The minimum Gasteiger partial charge on any atom is -0.497 e. The maximum Gasteiger partial charge on any atom is 0.182 e. The Labute approximate surface area is 111 Å². The average Bonchev–Trinajstić information content (AvgIpc) is 2.90. The number of hydrogen-bond acceptors (Lipinski definition) is 5. The van der Waals surface area contributed by atoms with Gasteiger partial charge in [-0.2, -0.15) is 0 Å². The molecule has 3 rings (SSSR count). The van der Waals surface area contributed by atoms with E-state index in [2.05, 4.69) is 22.4 Å². The fourth-order valence-electron chi connectivity index (χ4n) is 2.28. The van der Waals surface area contributed by atoms with Gasteiger partial charge in [-0.15, -0.1) is 5.10 Å².